The van der Waals surface area contributed by atoms with Gasteiger partial charge in [-0.1, -0.05) is 30.7 Å². The molecule has 1 heterocycles. The van der Waals surface area contributed by atoms with E-state index in [2.05, 4.69) is 0 Å². The summed E-state index contributed by atoms with van der Waals surface area (Å²) in [4.78, 5) is 0.308. The summed E-state index contributed by atoms with van der Waals surface area (Å²) >= 11 is 11.5. The molecule has 0 aliphatic rings. The summed E-state index contributed by atoms with van der Waals surface area (Å²) in [6, 6.07) is 3.08. The first-order valence-electron chi connectivity index (χ1n) is 4.91. The van der Waals surface area contributed by atoms with Gasteiger partial charge in [-0.2, -0.15) is 4.31 Å². The molecule has 0 aromatic carbocycles. The Hall–Kier alpha value is -0.210. The Balaban J connectivity index is 2.90. The minimum atomic E-state index is -3.47. The van der Waals surface area contributed by atoms with Crippen molar-refractivity contribution in [1.29, 1.82) is 0 Å². The maximum Gasteiger partial charge on any atom is 0.252 e. The highest BCUT2D eigenvalue weighted by Crippen LogP contribution is 2.28. The summed E-state index contributed by atoms with van der Waals surface area (Å²) in [6.07, 6.45) is 0.376. The average Bonchev–Trinajstić information content (AvgIpc) is 2.65. The summed E-state index contributed by atoms with van der Waals surface area (Å²) in [6.45, 7) is 2.44. The van der Waals surface area contributed by atoms with Crippen molar-refractivity contribution in [3.05, 3.63) is 16.5 Å². The smallest absolute Gasteiger partial charge is 0.252 e. The Morgan fingerprint density at radius 3 is 2.65 bits per heavy atom. The molecule has 0 unspecified atom stereocenters. The lowest BCUT2D eigenvalue weighted by Crippen LogP contribution is -2.33. The van der Waals surface area contributed by atoms with Crippen molar-refractivity contribution in [3.8, 4) is 0 Å². The standard InChI is InChI=1S/C9H13ClN2O2S3/c1-2-12(6-5-8(11)15)17(13,14)9-4-3-7(10)16-9/h3-4H,2,5-6H2,1H3,(H2,11,15). The Bertz CT molecular complexity index is 498. The minimum absolute atomic E-state index is 0.243. The van der Waals surface area contributed by atoms with Crippen LogP contribution < -0.4 is 5.73 Å². The van der Waals surface area contributed by atoms with Crippen molar-refractivity contribution >= 4 is 50.2 Å². The van der Waals surface area contributed by atoms with Gasteiger partial charge in [-0.25, -0.2) is 8.42 Å². The SMILES string of the molecule is CCN(CCC(N)=S)S(=O)(=O)c1ccc(Cl)s1. The molecule has 1 rings (SSSR count). The Kier molecular flexibility index (Phi) is 5.33. The van der Waals surface area contributed by atoms with Crippen LogP contribution in [0.5, 0.6) is 0 Å². The van der Waals surface area contributed by atoms with Gasteiger partial charge in [-0.05, 0) is 12.1 Å². The lowest BCUT2D eigenvalue weighted by Gasteiger charge is -2.18. The van der Waals surface area contributed by atoms with Gasteiger partial charge in [0.2, 0.25) is 0 Å². The zero-order valence-corrected chi connectivity index (χ0v) is 12.4. The second-order valence-electron chi connectivity index (χ2n) is 3.27. The average molecular weight is 313 g/mol. The number of thiophene rings is 1. The number of hydrogen-bond acceptors (Lipinski definition) is 4. The van der Waals surface area contributed by atoms with E-state index < -0.39 is 10.0 Å². The Morgan fingerprint density at radius 1 is 1.59 bits per heavy atom. The fraction of sp³-hybridized carbons (Fsp3) is 0.444. The van der Waals surface area contributed by atoms with Crippen LogP contribution in [0.15, 0.2) is 16.3 Å². The van der Waals surface area contributed by atoms with Crippen LogP contribution in [0, 0.1) is 0 Å². The van der Waals surface area contributed by atoms with E-state index in [0.717, 1.165) is 11.3 Å². The van der Waals surface area contributed by atoms with Crippen LogP contribution in [0.2, 0.25) is 4.34 Å². The number of sulfonamides is 1. The third-order valence-corrected chi connectivity index (χ3v) is 5.98. The van der Waals surface area contributed by atoms with E-state index >= 15 is 0 Å². The van der Waals surface area contributed by atoms with E-state index in [0.29, 0.717) is 28.8 Å². The largest absolute Gasteiger partial charge is 0.393 e. The number of rotatable bonds is 6. The lowest BCUT2D eigenvalue weighted by atomic mass is 10.4. The summed E-state index contributed by atoms with van der Waals surface area (Å²) in [5, 5.41) is 0. The zero-order valence-electron chi connectivity index (χ0n) is 9.22. The van der Waals surface area contributed by atoms with Gasteiger partial charge in [0.1, 0.15) is 4.21 Å². The highest BCUT2D eigenvalue weighted by atomic mass is 35.5. The molecule has 8 heteroatoms. The maximum absolute atomic E-state index is 12.2. The number of halogens is 1. The molecule has 1 aromatic heterocycles. The molecule has 0 spiro atoms. The third kappa shape index (κ3) is 3.89. The summed E-state index contributed by atoms with van der Waals surface area (Å²) < 4.78 is 26.4. The predicted octanol–water partition coefficient (Wildman–Crippen LogP) is 2.09. The van der Waals surface area contributed by atoms with Crippen LogP contribution in [-0.2, 0) is 10.0 Å². The first-order chi connectivity index (χ1) is 7.87. The second-order valence-corrected chi connectivity index (χ2v) is 7.68. The molecule has 0 saturated heterocycles. The zero-order chi connectivity index (χ0) is 13.1. The van der Waals surface area contributed by atoms with E-state index in [4.69, 9.17) is 29.6 Å². The topological polar surface area (TPSA) is 63.4 Å². The van der Waals surface area contributed by atoms with Crippen LogP contribution in [0.1, 0.15) is 13.3 Å². The van der Waals surface area contributed by atoms with Crippen molar-refractivity contribution in [2.45, 2.75) is 17.6 Å². The van der Waals surface area contributed by atoms with E-state index in [9.17, 15) is 8.42 Å². The summed E-state index contributed by atoms with van der Waals surface area (Å²) in [5.74, 6) is 0. The fourth-order valence-electron chi connectivity index (χ4n) is 1.25. The molecular weight excluding hydrogens is 300 g/mol. The van der Waals surface area contributed by atoms with E-state index in [-0.39, 0.29) is 4.21 Å². The molecule has 4 nitrogen and oxygen atoms in total. The van der Waals surface area contributed by atoms with Gasteiger partial charge in [0.15, 0.2) is 0 Å². The normalized spacial score (nSPS) is 11.9. The van der Waals surface area contributed by atoms with Gasteiger partial charge in [0.25, 0.3) is 10.0 Å². The maximum atomic E-state index is 12.2. The van der Waals surface area contributed by atoms with Crippen molar-refractivity contribution in [1.82, 2.24) is 4.31 Å². The highest BCUT2D eigenvalue weighted by molar-refractivity contribution is 7.91. The van der Waals surface area contributed by atoms with Crippen molar-refractivity contribution < 1.29 is 8.42 Å². The molecule has 2 N–H and O–H groups in total. The Morgan fingerprint density at radius 2 is 2.24 bits per heavy atom. The predicted molar refractivity (Wildman–Crippen MR) is 75.2 cm³/mol. The number of thiocarbonyl (C=S) groups is 1. The molecule has 0 saturated carbocycles. The van der Waals surface area contributed by atoms with Crippen LogP contribution in [0.25, 0.3) is 0 Å². The molecular formula is C9H13ClN2O2S3. The van der Waals surface area contributed by atoms with Gasteiger partial charge < -0.3 is 5.73 Å². The summed E-state index contributed by atoms with van der Waals surface area (Å²) in [7, 11) is -3.47. The molecule has 0 amide bonds. The molecule has 17 heavy (non-hydrogen) atoms. The van der Waals surface area contributed by atoms with Crippen molar-refractivity contribution in [2.75, 3.05) is 13.1 Å². The molecule has 0 fully saturated rings. The molecule has 0 bridgehead atoms. The fourth-order valence-corrected chi connectivity index (χ4v) is 4.42. The molecule has 0 atom stereocenters. The van der Waals surface area contributed by atoms with E-state index in [1.165, 1.54) is 10.4 Å². The van der Waals surface area contributed by atoms with Crippen LogP contribution in [0.3, 0.4) is 0 Å². The van der Waals surface area contributed by atoms with Gasteiger partial charge >= 0.3 is 0 Å². The van der Waals surface area contributed by atoms with Gasteiger partial charge in [0, 0.05) is 19.5 Å². The van der Waals surface area contributed by atoms with E-state index in [1.807, 2.05) is 0 Å². The Labute approximate surface area is 115 Å². The van der Waals surface area contributed by atoms with Crippen LogP contribution >= 0.6 is 35.2 Å². The minimum Gasteiger partial charge on any atom is -0.393 e. The first-order valence-corrected chi connectivity index (χ1v) is 7.96. The second kappa shape index (κ2) is 6.10. The molecule has 0 aliphatic heterocycles. The van der Waals surface area contributed by atoms with Crippen molar-refractivity contribution in [2.24, 2.45) is 5.73 Å². The molecule has 1 aromatic rings. The molecule has 96 valence electrons. The summed E-state index contributed by atoms with van der Waals surface area (Å²) in [5.41, 5.74) is 5.37. The number of hydrogen-bond donors (Lipinski definition) is 1. The molecule has 0 aliphatic carbocycles. The van der Waals surface area contributed by atoms with Gasteiger partial charge in [-0.15, -0.1) is 11.3 Å². The first kappa shape index (κ1) is 14.8. The van der Waals surface area contributed by atoms with E-state index in [1.54, 1.807) is 13.0 Å². The highest BCUT2D eigenvalue weighted by Gasteiger charge is 2.24. The number of nitrogens with zero attached hydrogens (tertiary/aromatic N) is 1. The van der Waals surface area contributed by atoms with Crippen LogP contribution in [0.4, 0.5) is 0 Å². The third-order valence-electron chi connectivity index (χ3n) is 2.10. The number of nitrogens with two attached hydrogens (primary N) is 1. The monoisotopic (exact) mass is 312 g/mol. The molecule has 0 radical (unpaired) electrons. The van der Waals surface area contributed by atoms with Gasteiger partial charge in [-0.3, -0.25) is 0 Å². The van der Waals surface area contributed by atoms with Crippen LogP contribution in [-0.4, -0.2) is 30.8 Å². The quantitative estimate of drug-likeness (QED) is 0.817. The van der Waals surface area contributed by atoms with Gasteiger partial charge in [0.05, 0.1) is 9.32 Å². The van der Waals surface area contributed by atoms with Crippen molar-refractivity contribution in [3.63, 3.8) is 0 Å². The lowest BCUT2D eigenvalue weighted by molar-refractivity contribution is 0.439.